The van der Waals surface area contributed by atoms with E-state index in [1.807, 2.05) is 31.2 Å². The lowest BCUT2D eigenvalue weighted by Crippen LogP contribution is -2.42. The molecule has 1 unspecified atom stereocenters. The molecule has 0 saturated heterocycles. The summed E-state index contributed by atoms with van der Waals surface area (Å²) in [5.41, 5.74) is 3.29. The molecule has 1 amide bonds. The van der Waals surface area contributed by atoms with Crippen molar-refractivity contribution in [1.82, 2.24) is 19.8 Å². The Morgan fingerprint density at radius 1 is 1.35 bits per heavy atom. The van der Waals surface area contributed by atoms with Crippen molar-refractivity contribution >= 4 is 17.6 Å². The summed E-state index contributed by atoms with van der Waals surface area (Å²) in [7, 11) is 1.59. The molecule has 0 fully saturated rings. The molecule has 2 N–H and O–H groups in total. The molecule has 0 saturated carbocycles. The molecule has 2 rings (SSSR count). The molecule has 0 aliphatic rings. The minimum Gasteiger partial charge on any atom is -0.334 e. The van der Waals surface area contributed by atoms with Gasteiger partial charge in [-0.25, -0.2) is 9.59 Å². The van der Waals surface area contributed by atoms with Crippen LogP contribution in [0.4, 0.5) is 4.79 Å². The fourth-order valence-electron chi connectivity index (χ4n) is 2.23. The third-order valence-electron chi connectivity index (χ3n) is 3.51. The number of hydrogen-bond donors (Lipinski definition) is 2. The molecule has 0 bridgehead atoms. The first-order valence-electron chi connectivity index (χ1n) is 7.34. The topological polar surface area (TPSA) is 81.0 Å². The number of nitrogens with one attached hydrogen (secondary N) is 2. The van der Waals surface area contributed by atoms with Gasteiger partial charge in [0.25, 0.3) is 0 Å². The number of aromatic nitrogens is 3. The Labute approximate surface area is 139 Å². The minimum absolute atomic E-state index is 0.0925. The molecule has 0 spiro atoms. The van der Waals surface area contributed by atoms with Gasteiger partial charge in [0.15, 0.2) is 5.82 Å². The predicted molar refractivity (Wildman–Crippen MR) is 89.7 cm³/mol. The van der Waals surface area contributed by atoms with Crippen molar-refractivity contribution in [3.63, 3.8) is 0 Å². The normalized spacial score (nSPS) is 12.0. The SMILES string of the molecule is CNn1c(C)nn(C(=O)NC(C)CCc2ccc(Cl)cc2)c1=O. The summed E-state index contributed by atoms with van der Waals surface area (Å²) < 4.78 is 2.03. The lowest BCUT2D eigenvalue weighted by Gasteiger charge is -2.13. The maximum Gasteiger partial charge on any atom is 0.373 e. The van der Waals surface area contributed by atoms with Crippen LogP contribution in [-0.2, 0) is 6.42 Å². The van der Waals surface area contributed by atoms with Crippen molar-refractivity contribution < 1.29 is 4.79 Å². The molecule has 0 radical (unpaired) electrons. The number of aryl methyl sites for hydroxylation is 2. The fraction of sp³-hybridized carbons (Fsp3) is 0.400. The Morgan fingerprint density at radius 3 is 2.57 bits per heavy atom. The van der Waals surface area contributed by atoms with E-state index in [0.717, 1.165) is 23.1 Å². The van der Waals surface area contributed by atoms with Crippen molar-refractivity contribution in [1.29, 1.82) is 0 Å². The van der Waals surface area contributed by atoms with Crippen LogP contribution in [0.2, 0.25) is 5.02 Å². The quantitative estimate of drug-likeness (QED) is 0.871. The van der Waals surface area contributed by atoms with Gasteiger partial charge in [0.2, 0.25) is 0 Å². The summed E-state index contributed by atoms with van der Waals surface area (Å²) >= 11 is 5.85. The Kier molecular flexibility index (Phi) is 5.44. The molecule has 1 aromatic heterocycles. The van der Waals surface area contributed by atoms with Crippen LogP contribution in [0.3, 0.4) is 0 Å². The largest absolute Gasteiger partial charge is 0.373 e. The number of rotatable bonds is 5. The monoisotopic (exact) mass is 337 g/mol. The van der Waals surface area contributed by atoms with Gasteiger partial charge in [-0.15, -0.1) is 9.78 Å². The van der Waals surface area contributed by atoms with Crippen molar-refractivity contribution in [3.05, 3.63) is 51.2 Å². The smallest absolute Gasteiger partial charge is 0.334 e. The van der Waals surface area contributed by atoms with Gasteiger partial charge in [-0.05, 0) is 44.4 Å². The van der Waals surface area contributed by atoms with Gasteiger partial charge in [0.05, 0.1) is 0 Å². The second-order valence-electron chi connectivity index (χ2n) is 5.32. The molecule has 8 heteroatoms. The molecule has 0 aliphatic heterocycles. The van der Waals surface area contributed by atoms with E-state index >= 15 is 0 Å². The Bertz CT molecular complexity index is 735. The van der Waals surface area contributed by atoms with E-state index < -0.39 is 11.7 Å². The second-order valence-corrected chi connectivity index (χ2v) is 5.75. The van der Waals surface area contributed by atoms with Crippen molar-refractivity contribution in [2.24, 2.45) is 0 Å². The van der Waals surface area contributed by atoms with Gasteiger partial charge in [-0.3, -0.25) is 0 Å². The molecule has 2 aromatic rings. The maximum absolute atomic E-state index is 12.1. The molecular formula is C15H20ClN5O2. The Hall–Kier alpha value is -2.28. The van der Waals surface area contributed by atoms with Crippen LogP contribution in [0, 0.1) is 6.92 Å². The van der Waals surface area contributed by atoms with E-state index in [1.54, 1.807) is 14.0 Å². The summed E-state index contributed by atoms with van der Waals surface area (Å²) in [5, 5.41) is 7.42. The molecular weight excluding hydrogens is 318 g/mol. The van der Waals surface area contributed by atoms with Crippen LogP contribution in [0.25, 0.3) is 0 Å². The van der Waals surface area contributed by atoms with Crippen LogP contribution in [-0.4, -0.2) is 33.6 Å². The molecule has 1 aromatic carbocycles. The van der Waals surface area contributed by atoms with Gasteiger partial charge in [0, 0.05) is 18.1 Å². The van der Waals surface area contributed by atoms with Gasteiger partial charge >= 0.3 is 11.7 Å². The fourth-order valence-corrected chi connectivity index (χ4v) is 2.36. The van der Waals surface area contributed by atoms with E-state index in [0.29, 0.717) is 10.8 Å². The van der Waals surface area contributed by atoms with Crippen LogP contribution < -0.4 is 16.4 Å². The van der Waals surface area contributed by atoms with Crippen LogP contribution >= 0.6 is 11.6 Å². The van der Waals surface area contributed by atoms with Crippen molar-refractivity contribution in [2.45, 2.75) is 32.7 Å². The predicted octanol–water partition coefficient (Wildman–Crippen LogP) is 1.76. The average Bonchev–Trinajstić information content (AvgIpc) is 2.81. The number of amides is 1. The second kappa shape index (κ2) is 7.32. The zero-order valence-corrected chi connectivity index (χ0v) is 14.1. The molecule has 7 nitrogen and oxygen atoms in total. The average molecular weight is 338 g/mol. The lowest BCUT2D eigenvalue weighted by molar-refractivity contribution is 0.234. The van der Waals surface area contributed by atoms with E-state index in [2.05, 4.69) is 15.8 Å². The number of hydrogen-bond acceptors (Lipinski definition) is 4. The number of benzene rings is 1. The van der Waals surface area contributed by atoms with Gasteiger partial charge in [-0.2, -0.15) is 4.68 Å². The highest BCUT2D eigenvalue weighted by atomic mass is 35.5. The standard InChI is InChI=1S/C15H20ClN5O2/c1-10(4-5-12-6-8-13(16)9-7-12)18-14(22)21-15(23)20(17-3)11(2)19-21/h6-10,17H,4-5H2,1-3H3,(H,18,22). The number of halogens is 1. The number of carbonyl (C=O) groups is 1. The number of nitrogens with zero attached hydrogens (tertiary/aromatic N) is 3. The molecule has 0 aliphatic carbocycles. The van der Waals surface area contributed by atoms with E-state index in [4.69, 9.17) is 11.6 Å². The van der Waals surface area contributed by atoms with Crippen molar-refractivity contribution in [3.8, 4) is 0 Å². The summed E-state index contributed by atoms with van der Waals surface area (Å²) in [6.07, 6.45) is 1.55. The highest BCUT2D eigenvalue weighted by Crippen LogP contribution is 2.11. The first-order chi connectivity index (χ1) is 10.9. The Balaban J connectivity index is 1.94. The van der Waals surface area contributed by atoms with E-state index in [9.17, 15) is 9.59 Å². The molecule has 23 heavy (non-hydrogen) atoms. The van der Waals surface area contributed by atoms with E-state index in [1.165, 1.54) is 4.68 Å². The molecule has 124 valence electrons. The van der Waals surface area contributed by atoms with Gasteiger partial charge in [-0.1, -0.05) is 23.7 Å². The zero-order valence-electron chi connectivity index (χ0n) is 13.3. The first kappa shape index (κ1) is 17.1. The third-order valence-corrected chi connectivity index (χ3v) is 3.76. The molecule has 1 atom stereocenters. The minimum atomic E-state index is -0.532. The summed E-state index contributed by atoms with van der Waals surface area (Å²) in [6, 6.07) is 6.97. The summed E-state index contributed by atoms with van der Waals surface area (Å²) in [5.74, 6) is 0.418. The van der Waals surface area contributed by atoms with Gasteiger partial charge in [0.1, 0.15) is 0 Å². The van der Waals surface area contributed by atoms with Crippen LogP contribution in [0.15, 0.2) is 29.1 Å². The highest BCUT2D eigenvalue weighted by molar-refractivity contribution is 6.30. The zero-order chi connectivity index (χ0) is 17.0. The third kappa shape index (κ3) is 4.13. The van der Waals surface area contributed by atoms with Crippen LogP contribution in [0.5, 0.6) is 0 Å². The van der Waals surface area contributed by atoms with Gasteiger partial charge < -0.3 is 10.7 Å². The first-order valence-corrected chi connectivity index (χ1v) is 7.72. The van der Waals surface area contributed by atoms with Crippen molar-refractivity contribution in [2.75, 3.05) is 12.5 Å². The summed E-state index contributed by atoms with van der Waals surface area (Å²) in [6.45, 7) is 3.53. The summed E-state index contributed by atoms with van der Waals surface area (Å²) in [4.78, 5) is 24.1. The van der Waals surface area contributed by atoms with Crippen LogP contribution in [0.1, 0.15) is 24.7 Å². The maximum atomic E-state index is 12.1. The Morgan fingerprint density at radius 2 is 2.00 bits per heavy atom. The lowest BCUT2D eigenvalue weighted by atomic mass is 10.1. The molecule has 1 heterocycles. The van der Waals surface area contributed by atoms with E-state index in [-0.39, 0.29) is 6.04 Å². The highest BCUT2D eigenvalue weighted by Gasteiger charge is 2.17. The number of carbonyl (C=O) groups excluding carboxylic acids is 1.